The Kier molecular flexibility index (Phi) is 5.96. The second-order valence-electron chi connectivity index (χ2n) is 6.65. The van der Waals surface area contributed by atoms with Gasteiger partial charge < -0.3 is 19.3 Å². The topological polar surface area (TPSA) is 77.3 Å². The first-order valence-electron chi connectivity index (χ1n) is 8.88. The molecule has 2 aromatic carbocycles. The number of nitrogens with zero attached hydrogens (tertiary/aromatic N) is 1. The van der Waals surface area contributed by atoms with Crippen molar-refractivity contribution in [3.05, 3.63) is 60.2 Å². The molecule has 2 unspecified atom stereocenters. The molecule has 0 aromatic heterocycles. The number of hydrogen-bond acceptors (Lipinski definition) is 5. The first-order valence-corrected chi connectivity index (χ1v) is 8.88. The molecule has 0 fully saturated rings. The molecule has 2 atom stereocenters. The molecule has 0 amide bonds. The van der Waals surface area contributed by atoms with Crippen molar-refractivity contribution in [2.24, 2.45) is 4.99 Å². The summed E-state index contributed by atoms with van der Waals surface area (Å²) in [4.78, 5) is 16.0. The van der Waals surface area contributed by atoms with E-state index in [9.17, 15) is 9.90 Å². The van der Waals surface area contributed by atoms with Crippen molar-refractivity contribution < 1.29 is 24.1 Å². The average molecular weight is 369 g/mol. The summed E-state index contributed by atoms with van der Waals surface area (Å²) in [5.74, 6) is 0.259. The molecule has 6 nitrogen and oxygen atoms in total. The lowest BCUT2D eigenvalue weighted by Crippen LogP contribution is -2.43. The van der Waals surface area contributed by atoms with Crippen molar-refractivity contribution in [1.29, 1.82) is 0 Å². The van der Waals surface area contributed by atoms with Crippen LogP contribution in [0.15, 0.2) is 59.6 Å². The highest BCUT2D eigenvalue weighted by molar-refractivity contribution is 5.78. The molecule has 6 heteroatoms. The third-order valence-electron chi connectivity index (χ3n) is 4.36. The number of aliphatic imine (C=N–C) groups is 1. The SMILES string of the molecule is CC(Cc1ccc(OCCC2COC=N2)cc1)(Oc1ccccc1)C(=O)O. The number of carboxylic acid groups (broad SMARTS) is 1. The third-order valence-corrected chi connectivity index (χ3v) is 4.36. The van der Waals surface area contributed by atoms with Crippen LogP contribution in [-0.4, -0.2) is 42.3 Å². The van der Waals surface area contributed by atoms with E-state index in [0.29, 0.717) is 19.0 Å². The Morgan fingerprint density at radius 1 is 1.19 bits per heavy atom. The molecule has 1 aliphatic heterocycles. The van der Waals surface area contributed by atoms with Gasteiger partial charge in [0, 0.05) is 12.8 Å². The quantitative estimate of drug-likeness (QED) is 0.733. The first-order chi connectivity index (χ1) is 13.0. The summed E-state index contributed by atoms with van der Waals surface area (Å²) in [5.41, 5.74) is -0.499. The number of carboxylic acids is 1. The number of benzene rings is 2. The van der Waals surface area contributed by atoms with Gasteiger partial charge in [-0.15, -0.1) is 0 Å². The zero-order chi connectivity index (χ0) is 19.1. The summed E-state index contributed by atoms with van der Waals surface area (Å²) in [6.45, 7) is 2.74. The van der Waals surface area contributed by atoms with Gasteiger partial charge in [0.1, 0.15) is 18.1 Å². The third kappa shape index (κ3) is 5.23. The highest BCUT2D eigenvalue weighted by atomic mass is 16.5. The van der Waals surface area contributed by atoms with Gasteiger partial charge in [-0.2, -0.15) is 0 Å². The zero-order valence-corrected chi connectivity index (χ0v) is 15.2. The predicted molar refractivity (Wildman–Crippen MR) is 102 cm³/mol. The lowest BCUT2D eigenvalue weighted by molar-refractivity contribution is -0.153. The highest BCUT2D eigenvalue weighted by Gasteiger charge is 2.36. The lowest BCUT2D eigenvalue weighted by atomic mass is 9.96. The molecule has 0 aliphatic carbocycles. The van der Waals surface area contributed by atoms with E-state index in [0.717, 1.165) is 17.7 Å². The number of hydrogen-bond donors (Lipinski definition) is 1. The molecule has 2 aromatic rings. The van der Waals surface area contributed by atoms with Gasteiger partial charge in [-0.1, -0.05) is 30.3 Å². The van der Waals surface area contributed by atoms with Gasteiger partial charge in [-0.05, 0) is 36.8 Å². The van der Waals surface area contributed by atoms with Crippen LogP contribution in [0, 0.1) is 0 Å². The average Bonchev–Trinajstić information content (AvgIpc) is 3.17. The van der Waals surface area contributed by atoms with Gasteiger partial charge in [0.25, 0.3) is 0 Å². The van der Waals surface area contributed by atoms with Crippen LogP contribution in [0.5, 0.6) is 11.5 Å². The van der Waals surface area contributed by atoms with Crippen LogP contribution in [0.4, 0.5) is 0 Å². The Morgan fingerprint density at radius 2 is 1.93 bits per heavy atom. The van der Waals surface area contributed by atoms with E-state index in [1.807, 2.05) is 42.5 Å². The number of carbonyl (C=O) groups is 1. The van der Waals surface area contributed by atoms with Crippen LogP contribution in [0.2, 0.25) is 0 Å². The van der Waals surface area contributed by atoms with Crippen molar-refractivity contribution in [3.63, 3.8) is 0 Å². The van der Waals surface area contributed by atoms with E-state index >= 15 is 0 Å². The van der Waals surface area contributed by atoms with Gasteiger partial charge in [0.05, 0.1) is 12.6 Å². The fourth-order valence-electron chi connectivity index (χ4n) is 2.79. The number of rotatable bonds is 9. The fourth-order valence-corrected chi connectivity index (χ4v) is 2.79. The van der Waals surface area contributed by atoms with E-state index in [1.54, 1.807) is 19.1 Å². The molecule has 1 heterocycles. The molecule has 1 N–H and O–H groups in total. The standard InChI is InChI=1S/C21H23NO5/c1-21(20(23)24,27-19-5-3-2-4-6-19)13-16-7-9-18(10-8-16)26-12-11-17-14-25-15-22-17/h2-10,15,17H,11-14H2,1H3,(H,23,24). The minimum atomic E-state index is -1.36. The number of aliphatic carboxylic acids is 1. The van der Waals surface area contributed by atoms with Gasteiger partial charge in [0.15, 0.2) is 6.40 Å². The van der Waals surface area contributed by atoms with E-state index in [-0.39, 0.29) is 12.5 Å². The second kappa shape index (κ2) is 8.58. The van der Waals surface area contributed by atoms with Crippen molar-refractivity contribution >= 4 is 12.4 Å². The minimum Gasteiger partial charge on any atom is -0.494 e. The van der Waals surface area contributed by atoms with Crippen molar-refractivity contribution in [1.82, 2.24) is 0 Å². The van der Waals surface area contributed by atoms with E-state index in [2.05, 4.69) is 4.99 Å². The maximum atomic E-state index is 11.8. The summed E-state index contributed by atoms with van der Waals surface area (Å²) in [6, 6.07) is 16.5. The smallest absolute Gasteiger partial charge is 0.348 e. The van der Waals surface area contributed by atoms with Gasteiger partial charge in [0.2, 0.25) is 5.60 Å². The molecule has 27 heavy (non-hydrogen) atoms. The van der Waals surface area contributed by atoms with E-state index in [1.165, 1.54) is 6.40 Å². The largest absolute Gasteiger partial charge is 0.494 e. The predicted octanol–water partition coefficient (Wildman–Crippen LogP) is 3.35. The molecule has 0 bridgehead atoms. The van der Waals surface area contributed by atoms with Crippen LogP contribution in [0.25, 0.3) is 0 Å². The fraction of sp³-hybridized carbons (Fsp3) is 0.333. The minimum absolute atomic E-state index is 0.163. The van der Waals surface area contributed by atoms with Gasteiger partial charge in [-0.3, -0.25) is 4.99 Å². The monoisotopic (exact) mass is 369 g/mol. The van der Waals surface area contributed by atoms with Crippen LogP contribution in [-0.2, 0) is 16.0 Å². The first kappa shape index (κ1) is 18.8. The van der Waals surface area contributed by atoms with Crippen LogP contribution in [0.1, 0.15) is 18.9 Å². The van der Waals surface area contributed by atoms with Gasteiger partial charge >= 0.3 is 5.97 Å². The highest BCUT2D eigenvalue weighted by Crippen LogP contribution is 2.24. The molecule has 1 aliphatic rings. The summed E-state index contributed by atoms with van der Waals surface area (Å²) in [5, 5.41) is 9.66. The summed E-state index contributed by atoms with van der Waals surface area (Å²) >= 11 is 0. The Bertz CT molecular complexity index is 775. The molecule has 0 saturated carbocycles. The molecule has 0 saturated heterocycles. The molecular weight excluding hydrogens is 346 g/mol. The normalized spacial score (nSPS) is 17.7. The van der Waals surface area contributed by atoms with Crippen molar-refractivity contribution in [2.45, 2.75) is 31.4 Å². The number of ether oxygens (including phenoxy) is 3. The Morgan fingerprint density at radius 3 is 2.56 bits per heavy atom. The summed E-state index contributed by atoms with van der Waals surface area (Å²) in [6.07, 6.45) is 2.52. The van der Waals surface area contributed by atoms with E-state index in [4.69, 9.17) is 14.2 Å². The zero-order valence-electron chi connectivity index (χ0n) is 15.2. The molecule has 0 radical (unpaired) electrons. The maximum Gasteiger partial charge on any atom is 0.348 e. The summed E-state index contributed by atoms with van der Waals surface area (Å²) < 4.78 is 16.6. The summed E-state index contributed by atoms with van der Waals surface area (Å²) in [7, 11) is 0. The van der Waals surface area contributed by atoms with Crippen LogP contribution >= 0.6 is 0 Å². The van der Waals surface area contributed by atoms with Crippen molar-refractivity contribution in [2.75, 3.05) is 13.2 Å². The van der Waals surface area contributed by atoms with Crippen LogP contribution in [0.3, 0.4) is 0 Å². The lowest BCUT2D eigenvalue weighted by Gasteiger charge is -2.26. The maximum absolute atomic E-state index is 11.8. The Hall–Kier alpha value is -3.02. The molecular formula is C21H23NO5. The molecule has 3 rings (SSSR count). The Balaban J connectivity index is 1.57. The second-order valence-corrected chi connectivity index (χ2v) is 6.65. The van der Waals surface area contributed by atoms with Crippen molar-refractivity contribution in [3.8, 4) is 11.5 Å². The van der Waals surface area contributed by atoms with E-state index < -0.39 is 11.6 Å². The Labute approximate surface area is 158 Å². The van der Waals surface area contributed by atoms with Crippen LogP contribution < -0.4 is 9.47 Å². The molecule has 0 spiro atoms. The number of para-hydroxylation sites is 1. The molecule has 142 valence electrons. The van der Waals surface area contributed by atoms with Gasteiger partial charge in [-0.25, -0.2) is 4.79 Å².